The molecule has 1 N–H and O–H groups in total. The monoisotopic (exact) mass is 826 g/mol. The van der Waals surface area contributed by atoms with Gasteiger partial charge in [0.05, 0.1) is 28.3 Å². The average molecular weight is 827 g/mol. The predicted octanol–water partition coefficient (Wildman–Crippen LogP) is 7.79. The third-order valence-corrected chi connectivity index (χ3v) is 12.5. The van der Waals surface area contributed by atoms with Gasteiger partial charge in [-0.3, -0.25) is 4.90 Å². The standard InChI is InChI=1S/C39H33F11N6O2/c1-2-22-24(40)9-7-19-5-3-6-23(28(19)22)31-30(41)32-29-26(52-31)11-12-27-25-10-8-20(51-25)16-56(27)33(29)54-34(53-32)57-18-35-13-4-14-55(35)17-21(15-35)58-36(37(42,43)44,38(45,46)47)39(48,49)50/h1,3,5-7,9,20-21,25,27,51H,4,8,10-18H2/t20-,21?,25+,27-,35-/m1/s1. The molecule has 7 heterocycles. The lowest BCUT2D eigenvalue weighted by Gasteiger charge is -2.41. The predicted molar refractivity (Wildman–Crippen MR) is 187 cm³/mol. The summed E-state index contributed by atoms with van der Waals surface area (Å²) in [5.74, 6) is 1.08. The van der Waals surface area contributed by atoms with Crippen molar-refractivity contribution in [2.75, 3.05) is 31.1 Å². The molecule has 0 spiro atoms. The van der Waals surface area contributed by atoms with E-state index < -0.39 is 67.0 Å². The zero-order valence-corrected chi connectivity index (χ0v) is 30.3. The molecule has 1 unspecified atom stereocenters. The Bertz CT molecular complexity index is 2330. The number of anilines is 1. The summed E-state index contributed by atoms with van der Waals surface area (Å²) in [5, 5.41) is 4.72. The zero-order valence-electron chi connectivity index (χ0n) is 30.3. The summed E-state index contributed by atoms with van der Waals surface area (Å²) in [6.45, 7) is -0.500. The number of ether oxygens (including phenoxy) is 2. The van der Waals surface area contributed by atoms with Crippen molar-refractivity contribution in [2.45, 2.75) is 98.8 Å². The first-order valence-electron chi connectivity index (χ1n) is 18.7. The Kier molecular flexibility index (Phi) is 8.89. The Morgan fingerprint density at radius 3 is 2.38 bits per heavy atom. The third-order valence-electron chi connectivity index (χ3n) is 12.5. The van der Waals surface area contributed by atoms with E-state index in [2.05, 4.69) is 25.9 Å². The van der Waals surface area contributed by atoms with Crippen LogP contribution in [0.2, 0.25) is 0 Å². The van der Waals surface area contributed by atoms with Crippen molar-refractivity contribution in [3.05, 3.63) is 53.2 Å². The van der Waals surface area contributed by atoms with Crippen LogP contribution in [0.15, 0.2) is 30.3 Å². The van der Waals surface area contributed by atoms with Gasteiger partial charge in [0.1, 0.15) is 29.5 Å². The van der Waals surface area contributed by atoms with Crippen molar-refractivity contribution in [3.8, 4) is 29.6 Å². The third kappa shape index (κ3) is 5.79. The molecule has 308 valence electrons. The molecule has 0 saturated carbocycles. The van der Waals surface area contributed by atoms with E-state index in [-0.39, 0.29) is 64.8 Å². The molecule has 4 saturated heterocycles. The highest BCUT2D eigenvalue weighted by molar-refractivity contribution is 6.02. The van der Waals surface area contributed by atoms with Gasteiger partial charge < -0.3 is 19.7 Å². The Hall–Kier alpha value is -4.54. The van der Waals surface area contributed by atoms with Crippen molar-refractivity contribution >= 4 is 27.5 Å². The summed E-state index contributed by atoms with van der Waals surface area (Å²) in [6, 6.07) is 7.33. The van der Waals surface area contributed by atoms with Crippen LogP contribution in [0.4, 0.5) is 54.1 Å². The summed E-state index contributed by atoms with van der Waals surface area (Å²) in [6.07, 6.45) is -14.4. The minimum Gasteiger partial charge on any atom is -0.461 e. The van der Waals surface area contributed by atoms with Crippen LogP contribution in [0.1, 0.15) is 49.8 Å². The quantitative estimate of drug-likeness (QED) is 0.156. The number of nitrogens with zero attached hydrogens (tertiary/aromatic N) is 5. The second kappa shape index (κ2) is 13.2. The highest BCUT2D eigenvalue weighted by Gasteiger charge is 2.86. The van der Waals surface area contributed by atoms with Crippen molar-refractivity contribution in [1.29, 1.82) is 0 Å². The number of pyridine rings is 1. The average Bonchev–Trinajstić information content (AvgIpc) is 3.80. The second-order valence-corrected chi connectivity index (χ2v) is 15.7. The molecule has 2 aromatic heterocycles. The first kappa shape index (κ1) is 38.9. The number of hydrogen-bond donors (Lipinski definition) is 1. The summed E-state index contributed by atoms with van der Waals surface area (Å²) in [7, 11) is 0. The highest BCUT2D eigenvalue weighted by Crippen LogP contribution is 2.57. The van der Waals surface area contributed by atoms with E-state index in [1.807, 2.05) is 0 Å². The minimum absolute atomic E-state index is 0.0737. The van der Waals surface area contributed by atoms with Crippen LogP contribution in [-0.2, 0) is 11.2 Å². The molecule has 4 aromatic rings. The number of alkyl halides is 9. The van der Waals surface area contributed by atoms with E-state index in [0.717, 1.165) is 12.8 Å². The largest absolute Gasteiger partial charge is 0.461 e. The number of fused-ring (bicyclic) bond motifs is 7. The van der Waals surface area contributed by atoms with E-state index in [1.54, 1.807) is 18.2 Å². The Labute approximate surface area is 323 Å². The Morgan fingerprint density at radius 1 is 0.897 bits per heavy atom. The lowest BCUT2D eigenvalue weighted by Crippen LogP contribution is -2.68. The molecule has 4 fully saturated rings. The van der Waals surface area contributed by atoms with E-state index in [9.17, 15) is 39.5 Å². The second-order valence-electron chi connectivity index (χ2n) is 15.7. The number of piperazine rings is 1. The molecule has 2 bridgehead atoms. The van der Waals surface area contributed by atoms with Crippen LogP contribution < -0.4 is 15.0 Å². The maximum Gasteiger partial charge on any atom is 0.435 e. The molecule has 0 radical (unpaired) electrons. The van der Waals surface area contributed by atoms with Crippen LogP contribution in [-0.4, -0.2) is 100.0 Å². The smallest absolute Gasteiger partial charge is 0.435 e. The molecule has 0 aliphatic carbocycles. The van der Waals surface area contributed by atoms with Crippen molar-refractivity contribution in [3.63, 3.8) is 0 Å². The number of rotatable bonds is 6. The fourth-order valence-electron chi connectivity index (χ4n) is 9.98. The van der Waals surface area contributed by atoms with Gasteiger partial charge in [0.2, 0.25) is 0 Å². The van der Waals surface area contributed by atoms with Gasteiger partial charge in [0.25, 0.3) is 0 Å². The minimum atomic E-state index is -6.88. The van der Waals surface area contributed by atoms with Crippen LogP contribution in [0.25, 0.3) is 32.9 Å². The van der Waals surface area contributed by atoms with E-state index in [4.69, 9.17) is 21.1 Å². The fraction of sp³-hybridized carbons (Fsp3) is 0.513. The van der Waals surface area contributed by atoms with E-state index in [1.165, 1.54) is 17.0 Å². The molecule has 58 heavy (non-hydrogen) atoms. The Morgan fingerprint density at radius 2 is 1.66 bits per heavy atom. The van der Waals surface area contributed by atoms with Crippen molar-refractivity contribution in [2.24, 2.45) is 0 Å². The molecule has 5 aliphatic heterocycles. The molecule has 8 nitrogen and oxygen atoms in total. The van der Waals surface area contributed by atoms with Crippen LogP contribution in [0.3, 0.4) is 0 Å². The van der Waals surface area contributed by atoms with Gasteiger partial charge in [0, 0.05) is 42.2 Å². The van der Waals surface area contributed by atoms with Gasteiger partial charge in [-0.2, -0.15) is 49.5 Å². The molecule has 5 atom stereocenters. The summed E-state index contributed by atoms with van der Waals surface area (Å²) in [4.78, 5) is 17.5. The lowest BCUT2D eigenvalue weighted by molar-refractivity contribution is -0.463. The van der Waals surface area contributed by atoms with Gasteiger partial charge in [-0.05, 0) is 62.9 Å². The van der Waals surface area contributed by atoms with E-state index in [0.29, 0.717) is 48.1 Å². The number of nitrogens with one attached hydrogen (secondary N) is 1. The first-order valence-corrected chi connectivity index (χ1v) is 18.7. The number of terminal acetylenes is 1. The number of halogens is 11. The van der Waals surface area contributed by atoms with Gasteiger partial charge >= 0.3 is 30.1 Å². The fourth-order valence-corrected chi connectivity index (χ4v) is 9.98. The summed E-state index contributed by atoms with van der Waals surface area (Å²) < 4.78 is 167. The molecule has 0 amide bonds. The maximum atomic E-state index is 17.2. The summed E-state index contributed by atoms with van der Waals surface area (Å²) in [5.41, 5.74) is -7.55. The number of aromatic nitrogens is 3. The lowest BCUT2D eigenvalue weighted by atomic mass is 9.93. The van der Waals surface area contributed by atoms with E-state index >= 15 is 8.78 Å². The van der Waals surface area contributed by atoms with Crippen molar-refractivity contribution < 1.29 is 57.8 Å². The van der Waals surface area contributed by atoms with Crippen molar-refractivity contribution in [1.82, 2.24) is 25.2 Å². The molecule has 2 aromatic carbocycles. The first-order chi connectivity index (χ1) is 27.4. The van der Waals surface area contributed by atoms with Gasteiger partial charge in [-0.15, -0.1) is 6.42 Å². The molecular weight excluding hydrogens is 793 g/mol. The highest BCUT2D eigenvalue weighted by atomic mass is 19.4. The maximum absolute atomic E-state index is 17.2. The van der Waals surface area contributed by atoms with Gasteiger partial charge in [-0.25, -0.2) is 13.8 Å². The molecule has 9 rings (SSSR count). The Balaban J connectivity index is 1.13. The number of aryl methyl sites for hydroxylation is 1. The summed E-state index contributed by atoms with van der Waals surface area (Å²) >= 11 is 0. The van der Waals surface area contributed by atoms with Gasteiger partial charge in [-0.1, -0.05) is 30.2 Å². The molecule has 19 heteroatoms. The number of hydrogen-bond acceptors (Lipinski definition) is 8. The van der Waals surface area contributed by atoms with Crippen LogP contribution in [0, 0.1) is 24.0 Å². The molecular formula is C39H33F11N6O2. The normalized spacial score (nSPS) is 26.2. The number of benzene rings is 2. The topological polar surface area (TPSA) is 75.6 Å². The SMILES string of the molecule is C#Cc1c(F)ccc2cccc(-c3nc4c5c(nc(OC[C@]67CCCN6CC(OC(C(F)(F)F)(C(F)(F)F)C(F)(F)F)C7)nc5c3F)N3C[C@H]5CC[C@H](N5)[C@H]3CC4)c12. The van der Waals surface area contributed by atoms with Crippen LogP contribution >= 0.6 is 0 Å². The van der Waals surface area contributed by atoms with Crippen LogP contribution in [0.5, 0.6) is 6.01 Å². The van der Waals surface area contributed by atoms with Gasteiger partial charge in [0.15, 0.2) is 5.82 Å². The molecule has 5 aliphatic rings. The zero-order chi connectivity index (χ0) is 41.2.